The lowest BCUT2D eigenvalue weighted by Crippen LogP contribution is -2.53. The highest BCUT2D eigenvalue weighted by atomic mass is 16.4. The van der Waals surface area contributed by atoms with E-state index in [1.165, 1.54) is 11.0 Å². The van der Waals surface area contributed by atoms with Crippen LogP contribution in [0, 0.1) is 5.92 Å². The number of amides is 1. The quantitative estimate of drug-likeness (QED) is 0.266. The number of phenols is 2. The molecule has 7 nitrogen and oxygen atoms in total. The van der Waals surface area contributed by atoms with Crippen LogP contribution in [0.2, 0.25) is 0 Å². The van der Waals surface area contributed by atoms with Crippen molar-refractivity contribution >= 4 is 11.9 Å². The molecule has 1 amide bonds. The molecule has 0 aromatic heterocycles. The maximum atomic E-state index is 13.2. The van der Waals surface area contributed by atoms with Crippen molar-refractivity contribution < 1.29 is 24.9 Å². The number of carbonyl (C=O) groups excluding carboxylic acids is 1. The number of nitrogens with zero attached hydrogens (tertiary/aromatic N) is 1. The van der Waals surface area contributed by atoms with Crippen LogP contribution in [0.25, 0.3) is 0 Å². The Balaban J connectivity index is 1.53. The zero-order valence-electron chi connectivity index (χ0n) is 22.9. The van der Waals surface area contributed by atoms with Crippen molar-refractivity contribution in [2.24, 2.45) is 5.92 Å². The van der Waals surface area contributed by atoms with E-state index in [1.54, 1.807) is 13.1 Å². The highest BCUT2D eigenvalue weighted by Gasteiger charge is 2.47. The number of rotatable bonds is 10. The molecule has 4 rings (SSSR count). The van der Waals surface area contributed by atoms with E-state index >= 15 is 0 Å². The summed E-state index contributed by atoms with van der Waals surface area (Å²) in [4.78, 5) is 27.5. The first kappa shape index (κ1) is 28.2. The monoisotopic (exact) mass is 530 g/mol. The number of aliphatic carboxylic acids is 1. The van der Waals surface area contributed by atoms with Gasteiger partial charge in [0.25, 0.3) is 5.91 Å². The molecule has 0 heterocycles. The Kier molecular flexibility index (Phi) is 8.60. The molecule has 0 bridgehead atoms. The summed E-state index contributed by atoms with van der Waals surface area (Å²) >= 11 is 0. The molecule has 39 heavy (non-hydrogen) atoms. The molecule has 206 valence electrons. The number of nitrogens with one attached hydrogen (secondary N) is 1. The predicted octanol–water partition coefficient (Wildman–Crippen LogP) is 5.75. The average Bonchev–Trinajstić information content (AvgIpc) is 3.44. The van der Waals surface area contributed by atoms with Crippen LogP contribution in [-0.2, 0) is 23.4 Å². The second-order valence-corrected chi connectivity index (χ2v) is 10.9. The predicted molar refractivity (Wildman–Crippen MR) is 151 cm³/mol. The zero-order valence-corrected chi connectivity index (χ0v) is 22.9. The van der Waals surface area contributed by atoms with E-state index in [0.717, 1.165) is 42.4 Å². The van der Waals surface area contributed by atoms with Crippen LogP contribution < -0.4 is 5.32 Å². The molecule has 0 spiro atoms. The third kappa shape index (κ3) is 5.93. The Morgan fingerprint density at radius 1 is 0.949 bits per heavy atom. The fraction of sp³-hybridized carbons (Fsp3) is 0.375. The lowest BCUT2D eigenvalue weighted by atomic mass is 9.76. The van der Waals surface area contributed by atoms with Crippen molar-refractivity contribution in [3.05, 3.63) is 94.5 Å². The number of aromatic hydroxyl groups is 2. The van der Waals surface area contributed by atoms with Gasteiger partial charge in [-0.15, -0.1) is 0 Å². The van der Waals surface area contributed by atoms with E-state index in [2.05, 4.69) is 5.32 Å². The molecule has 1 atom stereocenters. The first-order valence-electron chi connectivity index (χ1n) is 13.6. The smallest absolute Gasteiger partial charge is 0.328 e. The number of hydrogen-bond donors (Lipinski definition) is 4. The maximum Gasteiger partial charge on any atom is 0.328 e. The molecular formula is C32H38N2O5. The minimum atomic E-state index is -1.18. The van der Waals surface area contributed by atoms with E-state index in [0.29, 0.717) is 18.7 Å². The number of carboxylic acid groups (broad SMARTS) is 1. The Morgan fingerprint density at radius 3 is 2.26 bits per heavy atom. The molecule has 0 radical (unpaired) electrons. The fourth-order valence-electron chi connectivity index (χ4n) is 5.77. The maximum absolute atomic E-state index is 13.2. The van der Waals surface area contributed by atoms with Crippen LogP contribution in [0.5, 0.6) is 11.5 Å². The van der Waals surface area contributed by atoms with Crippen LogP contribution in [0.4, 0.5) is 0 Å². The van der Waals surface area contributed by atoms with Gasteiger partial charge in [0.2, 0.25) is 0 Å². The van der Waals surface area contributed by atoms with E-state index in [-0.39, 0.29) is 34.8 Å². The lowest BCUT2D eigenvalue weighted by Gasteiger charge is -2.37. The summed E-state index contributed by atoms with van der Waals surface area (Å²) in [5.41, 5.74) is 2.13. The molecule has 1 fully saturated rings. The van der Waals surface area contributed by atoms with Gasteiger partial charge in [-0.25, -0.2) is 4.79 Å². The number of hydrogen-bond acceptors (Lipinski definition) is 5. The van der Waals surface area contributed by atoms with Gasteiger partial charge in [-0.05, 0) is 53.0 Å². The SMILES string of the molecule is CC(C)c1cc(C(=O)N(C)Cc2cccc(CN[C@](C(=O)O)(c3ccccc3)C3CCCC3)c2)c(O)cc1O. The van der Waals surface area contributed by atoms with Crippen molar-refractivity contribution in [2.45, 2.75) is 64.1 Å². The van der Waals surface area contributed by atoms with Gasteiger partial charge in [0.05, 0.1) is 5.56 Å². The van der Waals surface area contributed by atoms with Crippen molar-refractivity contribution in [2.75, 3.05) is 7.05 Å². The Bertz CT molecular complexity index is 1320. The normalized spacial score (nSPS) is 15.3. The Labute approximate surface area is 230 Å². The molecule has 7 heteroatoms. The molecule has 0 aliphatic heterocycles. The molecule has 1 aliphatic carbocycles. The summed E-state index contributed by atoms with van der Waals surface area (Å²) in [7, 11) is 1.67. The summed E-state index contributed by atoms with van der Waals surface area (Å²) < 4.78 is 0. The molecule has 1 saturated carbocycles. The van der Waals surface area contributed by atoms with Gasteiger partial charge in [0.1, 0.15) is 17.0 Å². The summed E-state index contributed by atoms with van der Waals surface area (Å²) in [6, 6.07) is 19.9. The van der Waals surface area contributed by atoms with Crippen LogP contribution >= 0.6 is 0 Å². The van der Waals surface area contributed by atoms with Crippen molar-refractivity contribution in [1.82, 2.24) is 10.2 Å². The molecule has 3 aromatic carbocycles. The minimum absolute atomic E-state index is 0.00180. The van der Waals surface area contributed by atoms with Gasteiger partial charge >= 0.3 is 5.97 Å². The second-order valence-electron chi connectivity index (χ2n) is 10.9. The van der Waals surface area contributed by atoms with Gasteiger partial charge in [-0.1, -0.05) is 81.3 Å². The first-order valence-corrected chi connectivity index (χ1v) is 13.6. The topological polar surface area (TPSA) is 110 Å². The van der Waals surface area contributed by atoms with Crippen molar-refractivity contribution in [1.29, 1.82) is 0 Å². The Morgan fingerprint density at radius 2 is 1.62 bits per heavy atom. The van der Waals surface area contributed by atoms with Gasteiger partial charge < -0.3 is 20.2 Å². The highest BCUT2D eigenvalue weighted by Crippen LogP contribution is 2.41. The summed E-state index contributed by atoms with van der Waals surface area (Å²) in [6.45, 7) is 4.48. The summed E-state index contributed by atoms with van der Waals surface area (Å²) in [5.74, 6) is -1.52. The van der Waals surface area contributed by atoms with E-state index in [9.17, 15) is 24.9 Å². The van der Waals surface area contributed by atoms with Crippen molar-refractivity contribution in [3.63, 3.8) is 0 Å². The number of carbonyl (C=O) groups is 2. The average molecular weight is 531 g/mol. The van der Waals surface area contributed by atoms with Gasteiger partial charge in [-0.2, -0.15) is 0 Å². The Hall–Kier alpha value is -3.84. The largest absolute Gasteiger partial charge is 0.508 e. The van der Waals surface area contributed by atoms with E-state index < -0.39 is 11.5 Å². The molecule has 4 N–H and O–H groups in total. The third-order valence-corrected chi connectivity index (χ3v) is 7.86. The summed E-state index contributed by atoms with van der Waals surface area (Å²) in [6.07, 6.45) is 3.78. The zero-order chi connectivity index (χ0) is 28.2. The minimum Gasteiger partial charge on any atom is -0.508 e. The second kappa shape index (κ2) is 11.9. The highest BCUT2D eigenvalue weighted by molar-refractivity contribution is 5.97. The van der Waals surface area contributed by atoms with Crippen LogP contribution in [-0.4, -0.2) is 39.1 Å². The number of phenolic OH excluding ortho intramolecular Hbond substituents is 2. The third-order valence-electron chi connectivity index (χ3n) is 7.86. The van der Waals surface area contributed by atoms with E-state index in [4.69, 9.17) is 0 Å². The van der Waals surface area contributed by atoms with Gasteiger partial charge in [-0.3, -0.25) is 10.1 Å². The molecule has 0 unspecified atom stereocenters. The number of benzene rings is 3. The van der Waals surface area contributed by atoms with E-state index in [1.807, 2.05) is 68.4 Å². The molecular weight excluding hydrogens is 492 g/mol. The van der Waals surface area contributed by atoms with Crippen LogP contribution in [0.3, 0.4) is 0 Å². The van der Waals surface area contributed by atoms with Crippen molar-refractivity contribution in [3.8, 4) is 11.5 Å². The van der Waals surface area contributed by atoms with Crippen LogP contribution in [0.15, 0.2) is 66.7 Å². The first-order chi connectivity index (χ1) is 18.6. The summed E-state index contributed by atoms with van der Waals surface area (Å²) in [5, 5.41) is 34.4. The molecule has 0 saturated heterocycles. The number of carboxylic acids is 1. The molecule has 1 aliphatic rings. The standard InChI is InChI=1S/C32H38N2O5/c1-21(2)26-17-27(29(36)18-28(26)35)30(37)34(3)20-23-11-9-10-22(16-23)19-33-32(31(38)39,25-14-7-8-15-25)24-12-5-4-6-13-24/h4-6,9-13,16-18,21,25,33,35-36H,7-8,14-15,19-20H2,1-3H3,(H,38,39)/t32-/m1/s1. The van der Waals surface area contributed by atoms with Gasteiger partial charge in [0, 0.05) is 26.2 Å². The fourth-order valence-corrected chi connectivity index (χ4v) is 5.77. The van der Waals surface area contributed by atoms with Gasteiger partial charge in [0.15, 0.2) is 0 Å². The lowest BCUT2D eigenvalue weighted by molar-refractivity contribution is -0.148. The van der Waals surface area contributed by atoms with Crippen LogP contribution in [0.1, 0.15) is 78.1 Å². The molecule has 3 aromatic rings.